The van der Waals surface area contributed by atoms with Crippen LogP contribution in [0.15, 0.2) is 0 Å². The van der Waals surface area contributed by atoms with Crippen LogP contribution in [0.5, 0.6) is 0 Å². The third-order valence-corrected chi connectivity index (χ3v) is 4.11. The van der Waals surface area contributed by atoms with Crippen LogP contribution < -0.4 is 10.6 Å². The van der Waals surface area contributed by atoms with E-state index in [0.717, 1.165) is 6.42 Å². The van der Waals surface area contributed by atoms with E-state index >= 15 is 0 Å². The first-order valence-corrected chi connectivity index (χ1v) is 7.28. The molecule has 1 aliphatic rings. The van der Waals surface area contributed by atoms with Crippen molar-refractivity contribution in [2.24, 2.45) is 0 Å². The van der Waals surface area contributed by atoms with Gasteiger partial charge in [-0.05, 0) is 39.0 Å². The van der Waals surface area contributed by atoms with Crippen LogP contribution in [0.4, 0.5) is 4.79 Å². The maximum Gasteiger partial charge on any atom is 0.321 e. The summed E-state index contributed by atoms with van der Waals surface area (Å²) in [6.07, 6.45) is 5.72. The van der Waals surface area contributed by atoms with Gasteiger partial charge in [0.15, 0.2) is 6.54 Å². The van der Waals surface area contributed by atoms with Crippen molar-refractivity contribution in [3.05, 3.63) is 0 Å². The molecule has 1 saturated carbocycles. The minimum Gasteiger partial charge on any atom is -0.335 e. The molecule has 0 bridgehead atoms. The first-order chi connectivity index (χ1) is 8.85. The molecular formula is C14H28N3O2+. The third-order valence-electron chi connectivity index (χ3n) is 4.11. The highest BCUT2D eigenvalue weighted by Gasteiger charge is 2.33. The molecule has 0 spiro atoms. The van der Waals surface area contributed by atoms with Crippen molar-refractivity contribution in [2.75, 3.05) is 20.6 Å². The molecule has 0 aliphatic heterocycles. The van der Waals surface area contributed by atoms with E-state index in [1.165, 1.54) is 25.7 Å². The predicted octanol–water partition coefficient (Wildman–Crippen LogP) is 1.63. The van der Waals surface area contributed by atoms with Gasteiger partial charge in [0.05, 0.1) is 20.1 Å². The Morgan fingerprint density at radius 2 is 1.84 bits per heavy atom. The Kier molecular flexibility index (Phi) is 5.79. The number of hydrogen-bond acceptors (Lipinski definition) is 2. The van der Waals surface area contributed by atoms with Gasteiger partial charge in [-0.3, -0.25) is 10.1 Å². The van der Waals surface area contributed by atoms with Gasteiger partial charge in [0.1, 0.15) is 0 Å². The highest BCUT2D eigenvalue weighted by atomic mass is 16.2. The van der Waals surface area contributed by atoms with Crippen LogP contribution in [-0.2, 0) is 4.79 Å². The lowest BCUT2D eigenvalue weighted by atomic mass is 10.2. The summed E-state index contributed by atoms with van der Waals surface area (Å²) in [6, 6.07) is 0.249. The smallest absolute Gasteiger partial charge is 0.321 e. The second-order valence-electron chi connectivity index (χ2n) is 6.21. The molecule has 0 unspecified atom stereocenters. The molecule has 0 aromatic heterocycles. The Morgan fingerprint density at radius 3 is 2.37 bits per heavy atom. The van der Waals surface area contributed by atoms with Crippen LogP contribution in [0.25, 0.3) is 0 Å². The predicted molar refractivity (Wildman–Crippen MR) is 75.7 cm³/mol. The summed E-state index contributed by atoms with van der Waals surface area (Å²) < 4.78 is 0.669. The minimum absolute atomic E-state index is 0.0881. The average Bonchev–Trinajstić information content (AvgIpc) is 2.81. The van der Waals surface area contributed by atoms with Gasteiger partial charge >= 0.3 is 6.03 Å². The number of quaternary nitrogens is 1. The van der Waals surface area contributed by atoms with Crippen LogP contribution in [0, 0.1) is 0 Å². The Hall–Kier alpha value is -1.10. The van der Waals surface area contributed by atoms with Gasteiger partial charge in [-0.1, -0.05) is 6.92 Å². The Bertz CT molecular complexity index is 323. The standard InChI is InChI=1S/C14H27N3O2/c1-5-11(2)15-14(19)16-13(18)10-17(3,4)12-8-6-7-9-12/h11-12H,5-10H2,1-4H3,(H-,15,16,18,19)/p+1/t11-/m0/s1. The number of imide groups is 1. The number of nitrogens with zero attached hydrogens (tertiary/aromatic N) is 1. The SMILES string of the molecule is CC[C@H](C)NC(=O)NC(=O)C[N+](C)(C)C1CCCC1. The fourth-order valence-corrected chi connectivity index (χ4v) is 2.63. The normalized spacial score (nSPS) is 18.1. The summed E-state index contributed by atoms with van der Waals surface area (Å²) in [5.74, 6) is -0.197. The van der Waals surface area contributed by atoms with Crippen LogP contribution in [0.2, 0.25) is 0 Å². The van der Waals surface area contributed by atoms with E-state index in [-0.39, 0.29) is 18.0 Å². The molecule has 2 N–H and O–H groups in total. The zero-order valence-electron chi connectivity index (χ0n) is 12.7. The summed E-state index contributed by atoms with van der Waals surface area (Å²) in [6.45, 7) is 4.27. The van der Waals surface area contributed by atoms with Crippen LogP contribution in [-0.4, -0.2) is 49.1 Å². The lowest BCUT2D eigenvalue weighted by Gasteiger charge is -2.35. The summed E-state index contributed by atoms with van der Waals surface area (Å²) >= 11 is 0. The zero-order chi connectivity index (χ0) is 14.5. The van der Waals surface area contributed by atoms with Crippen molar-refractivity contribution in [3.8, 4) is 0 Å². The fraction of sp³-hybridized carbons (Fsp3) is 0.857. The molecule has 5 nitrogen and oxygen atoms in total. The molecule has 3 amide bonds. The summed E-state index contributed by atoms with van der Waals surface area (Å²) in [4.78, 5) is 23.5. The number of nitrogens with one attached hydrogen (secondary N) is 2. The van der Waals surface area contributed by atoms with Crippen molar-refractivity contribution in [3.63, 3.8) is 0 Å². The number of carbonyl (C=O) groups is 2. The molecule has 110 valence electrons. The Balaban J connectivity index is 2.39. The van der Waals surface area contributed by atoms with Crippen molar-refractivity contribution in [2.45, 2.75) is 58.0 Å². The fourth-order valence-electron chi connectivity index (χ4n) is 2.63. The highest BCUT2D eigenvalue weighted by molar-refractivity contribution is 5.94. The van der Waals surface area contributed by atoms with E-state index in [0.29, 0.717) is 17.1 Å². The first kappa shape index (κ1) is 16.0. The third kappa shape index (κ3) is 5.19. The average molecular weight is 270 g/mol. The number of rotatable bonds is 5. The second kappa shape index (κ2) is 6.89. The van der Waals surface area contributed by atoms with E-state index in [4.69, 9.17) is 0 Å². The molecule has 0 aromatic carbocycles. The second-order valence-corrected chi connectivity index (χ2v) is 6.21. The monoisotopic (exact) mass is 270 g/mol. The van der Waals surface area contributed by atoms with Crippen LogP contribution in [0.3, 0.4) is 0 Å². The lowest BCUT2D eigenvalue weighted by molar-refractivity contribution is -0.906. The van der Waals surface area contributed by atoms with Crippen molar-refractivity contribution in [1.82, 2.24) is 10.6 Å². The number of hydrogen-bond donors (Lipinski definition) is 2. The molecule has 0 heterocycles. The maximum atomic E-state index is 11.9. The molecule has 1 atom stereocenters. The van der Waals surface area contributed by atoms with E-state index in [9.17, 15) is 9.59 Å². The summed E-state index contributed by atoms with van der Waals surface area (Å²) in [5.41, 5.74) is 0. The topological polar surface area (TPSA) is 58.2 Å². The molecule has 5 heteroatoms. The van der Waals surface area contributed by atoms with Gasteiger partial charge in [-0.15, -0.1) is 0 Å². The Labute approximate surface area is 116 Å². The molecule has 1 aliphatic carbocycles. The van der Waals surface area contributed by atoms with E-state index in [1.807, 2.05) is 13.8 Å². The van der Waals surface area contributed by atoms with Gasteiger partial charge < -0.3 is 9.80 Å². The minimum atomic E-state index is -0.384. The van der Waals surface area contributed by atoms with E-state index < -0.39 is 0 Å². The van der Waals surface area contributed by atoms with Crippen molar-refractivity contribution in [1.29, 1.82) is 0 Å². The maximum absolute atomic E-state index is 11.9. The highest BCUT2D eigenvalue weighted by Crippen LogP contribution is 2.26. The van der Waals surface area contributed by atoms with Gasteiger partial charge in [-0.25, -0.2) is 4.79 Å². The molecule has 0 saturated heterocycles. The zero-order valence-corrected chi connectivity index (χ0v) is 12.7. The lowest BCUT2D eigenvalue weighted by Crippen LogP contribution is -2.55. The van der Waals surface area contributed by atoms with Crippen molar-refractivity contribution >= 4 is 11.9 Å². The van der Waals surface area contributed by atoms with E-state index in [2.05, 4.69) is 24.7 Å². The van der Waals surface area contributed by atoms with Crippen LogP contribution >= 0.6 is 0 Å². The van der Waals surface area contributed by atoms with Gasteiger partial charge in [0.2, 0.25) is 0 Å². The number of urea groups is 1. The van der Waals surface area contributed by atoms with Gasteiger partial charge in [-0.2, -0.15) is 0 Å². The van der Waals surface area contributed by atoms with Gasteiger partial charge in [0, 0.05) is 6.04 Å². The number of likely N-dealkylation sites (N-methyl/N-ethyl adjacent to an activating group) is 1. The number of carbonyl (C=O) groups excluding carboxylic acids is 2. The molecule has 19 heavy (non-hydrogen) atoms. The first-order valence-electron chi connectivity index (χ1n) is 7.28. The van der Waals surface area contributed by atoms with Gasteiger partial charge in [0.25, 0.3) is 5.91 Å². The van der Waals surface area contributed by atoms with Crippen LogP contribution in [0.1, 0.15) is 46.0 Å². The Morgan fingerprint density at radius 1 is 1.26 bits per heavy atom. The molecule has 1 fully saturated rings. The van der Waals surface area contributed by atoms with E-state index in [1.54, 1.807) is 0 Å². The molecule has 0 aromatic rings. The van der Waals surface area contributed by atoms with Crippen molar-refractivity contribution < 1.29 is 14.1 Å². The summed E-state index contributed by atoms with van der Waals surface area (Å²) in [5, 5.41) is 5.16. The molecule has 0 radical (unpaired) electrons. The largest absolute Gasteiger partial charge is 0.335 e. The molecule has 1 rings (SSSR count). The number of amides is 3. The molecular weight excluding hydrogens is 242 g/mol. The quantitative estimate of drug-likeness (QED) is 0.746. The summed E-state index contributed by atoms with van der Waals surface area (Å²) in [7, 11) is 4.14.